The number of hydrogen-bond donors (Lipinski definition) is 0. The molecule has 122 valence electrons. The van der Waals surface area contributed by atoms with E-state index in [-0.39, 0.29) is 0 Å². The van der Waals surface area contributed by atoms with Gasteiger partial charge in [0.25, 0.3) is 0 Å². The van der Waals surface area contributed by atoms with Crippen LogP contribution in [0.3, 0.4) is 0 Å². The Morgan fingerprint density at radius 3 is 2.09 bits per heavy atom. The van der Waals surface area contributed by atoms with Crippen molar-refractivity contribution in [2.75, 3.05) is 21.3 Å². The molecule has 0 radical (unpaired) electrons. The number of carbonyl (C=O) groups excluding carboxylic acids is 1. The predicted octanol–water partition coefficient (Wildman–Crippen LogP) is 3.75. The van der Waals surface area contributed by atoms with Gasteiger partial charge in [0.1, 0.15) is 6.29 Å². The molecule has 0 aliphatic carbocycles. The first-order valence-corrected chi connectivity index (χ1v) is 7.37. The van der Waals surface area contributed by atoms with E-state index in [2.05, 4.69) is 4.98 Å². The van der Waals surface area contributed by atoms with Crippen molar-refractivity contribution >= 4 is 29.5 Å². The largest absolute Gasteiger partial charge is 0.493 e. The number of benzene rings is 1. The van der Waals surface area contributed by atoms with Gasteiger partial charge in [-0.3, -0.25) is 4.98 Å². The van der Waals surface area contributed by atoms with Gasteiger partial charge in [-0.15, -0.1) is 0 Å². The van der Waals surface area contributed by atoms with Gasteiger partial charge in [0.2, 0.25) is 5.75 Å². The van der Waals surface area contributed by atoms with Crippen molar-refractivity contribution in [3.8, 4) is 17.2 Å². The fraction of sp³-hybridized carbons (Fsp3) is 0.250. The lowest BCUT2D eigenvalue weighted by atomic mass is 9.92. The van der Waals surface area contributed by atoms with Crippen molar-refractivity contribution in [2.24, 2.45) is 0 Å². The number of nitrogens with zero attached hydrogens (tertiary/aromatic N) is 1. The molecule has 1 heterocycles. The Kier molecular flexibility index (Phi) is 5.69. The maximum Gasteiger partial charge on any atom is 0.203 e. The topological polar surface area (TPSA) is 57.7 Å². The van der Waals surface area contributed by atoms with Gasteiger partial charge in [0.15, 0.2) is 11.5 Å². The lowest BCUT2D eigenvalue weighted by molar-refractivity contribution is -0.108. The molecule has 0 saturated carbocycles. The van der Waals surface area contributed by atoms with Gasteiger partial charge in [-0.05, 0) is 6.07 Å². The van der Waals surface area contributed by atoms with Crippen LogP contribution >= 0.6 is 23.2 Å². The average Bonchev–Trinajstić information content (AvgIpc) is 2.56. The Bertz CT molecular complexity index is 701. The summed E-state index contributed by atoms with van der Waals surface area (Å²) in [6.07, 6.45) is 3.62. The molecule has 0 aliphatic rings. The number of hydrogen-bond acceptors (Lipinski definition) is 5. The van der Waals surface area contributed by atoms with Gasteiger partial charge in [-0.1, -0.05) is 29.3 Å². The molecule has 0 fully saturated rings. The third kappa shape index (κ3) is 3.21. The number of halogens is 2. The maximum atomic E-state index is 11.8. The molecule has 0 amide bonds. The van der Waals surface area contributed by atoms with E-state index in [0.717, 1.165) is 6.29 Å². The number of aromatic nitrogens is 1. The molecule has 5 nitrogen and oxygen atoms in total. The highest BCUT2D eigenvalue weighted by Crippen LogP contribution is 2.45. The van der Waals surface area contributed by atoms with Gasteiger partial charge in [-0.25, -0.2) is 0 Å². The van der Waals surface area contributed by atoms with E-state index in [1.54, 1.807) is 12.1 Å². The van der Waals surface area contributed by atoms with Crippen LogP contribution in [0, 0.1) is 0 Å². The summed E-state index contributed by atoms with van der Waals surface area (Å²) in [5.74, 6) is 0.533. The summed E-state index contributed by atoms with van der Waals surface area (Å²) >= 11 is 12.4. The van der Waals surface area contributed by atoms with Crippen molar-refractivity contribution in [2.45, 2.75) is 5.92 Å². The van der Waals surface area contributed by atoms with E-state index in [9.17, 15) is 4.79 Å². The summed E-state index contributed by atoms with van der Waals surface area (Å²) < 4.78 is 16.0. The second kappa shape index (κ2) is 7.53. The van der Waals surface area contributed by atoms with Gasteiger partial charge >= 0.3 is 0 Å². The number of rotatable bonds is 6. The van der Waals surface area contributed by atoms with Crippen LogP contribution in [-0.4, -0.2) is 32.6 Å². The molecule has 7 heteroatoms. The Balaban J connectivity index is 2.70. The summed E-state index contributed by atoms with van der Waals surface area (Å²) in [5.41, 5.74) is 1.03. The molecule has 0 spiro atoms. The minimum atomic E-state index is -0.729. The van der Waals surface area contributed by atoms with Crippen LogP contribution in [0.15, 0.2) is 24.5 Å². The van der Waals surface area contributed by atoms with Crippen LogP contribution in [0.4, 0.5) is 0 Å². The summed E-state index contributed by atoms with van der Waals surface area (Å²) in [4.78, 5) is 15.7. The fourth-order valence-corrected chi connectivity index (χ4v) is 2.98. The van der Waals surface area contributed by atoms with E-state index >= 15 is 0 Å². The number of ether oxygens (including phenoxy) is 3. The van der Waals surface area contributed by atoms with Gasteiger partial charge in [0, 0.05) is 23.5 Å². The van der Waals surface area contributed by atoms with E-state index in [0.29, 0.717) is 38.4 Å². The number of aldehydes is 1. The Morgan fingerprint density at radius 1 is 1.00 bits per heavy atom. The van der Waals surface area contributed by atoms with Crippen molar-refractivity contribution < 1.29 is 19.0 Å². The van der Waals surface area contributed by atoms with Crippen molar-refractivity contribution in [1.29, 1.82) is 0 Å². The van der Waals surface area contributed by atoms with Crippen LogP contribution in [0.2, 0.25) is 10.0 Å². The summed E-state index contributed by atoms with van der Waals surface area (Å²) in [7, 11) is 4.50. The smallest absolute Gasteiger partial charge is 0.203 e. The second-order valence-electron chi connectivity index (χ2n) is 4.55. The molecule has 0 N–H and O–H groups in total. The van der Waals surface area contributed by atoms with E-state index < -0.39 is 5.92 Å². The van der Waals surface area contributed by atoms with Crippen LogP contribution in [0.5, 0.6) is 17.2 Å². The van der Waals surface area contributed by atoms with Crippen molar-refractivity contribution in [1.82, 2.24) is 4.98 Å². The molecule has 1 aromatic heterocycles. The van der Waals surface area contributed by atoms with Crippen LogP contribution in [0.25, 0.3) is 0 Å². The predicted molar refractivity (Wildman–Crippen MR) is 88.3 cm³/mol. The second-order valence-corrected chi connectivity index (χ2v) is 5.37. The highest BCUT2D eigenvalue weighted by molar-refractivity contribution is 6.36. The minimum Gasteiger partial charge on any atom is -0.493 e. The van der Waals surface area contributed by atoms with E-state index in [1.807, 2.05) is 0 Å². The van der Waals surface area contributed by atoms with Crippen molar-refractivity contribution in [3.05, 3.63) is 45.7 Å². The Hall–Kier alpha value is -1.98. The lowest BCUT2D eigenvalue weighted by Crippen LogP contribution is -2.08. The normalized spacial score (nSPS) is 11.7. The number of pyridine rings is 1. The minimum absolute atomic E-state index is 0.298. The first-order chi connectivity index (χ1) is 11.1. The van der Waals surface area contributed by atoms with Gasteiger partial charge < -0.3 is 19.0 Å². The van der Waals surface area contributed by atoms with Crippen LogP contribution in [-0.2, 0) is 4.79 Å². The monoisotopic (exact) mass is 355 g/mol. The Morgan fingerprint density at radius 2 is 1.61 bits per heavy atom. The Labute approximate surface area is 144 Å². The standard InChI is InChI=1S/C16H15Cl2NO4/c1-21-13-5-4-9(15(22-2)16(13)23-3)10(8-20)14-11(17)6-19-7-12(14)18/h4-8,10H,1-3H3. The molecule has 2 aromatic rings. The molecule has 0 bridgehead atoms. The van der Waals surface area contributed by atoms with E-state index in [1.165, 1.54) is 33.7 Å². The zero-order chi connectivity index (χ0) is 17.0. The third-order valence-electron chi connectivity index (χ3n) is 3.41. The highest BCUT2D eigenvalue weighted by Gasteiger charge is 2.26. The summed E-state index contributed by atoms with van der Waals surface area (Å²) in [6, 6.07) is 3.41. The molecule has 23 heavy (non-hydrogen) atoms. The zero-order valence-electron chi connectivity index (χ0n) is 12.8. The molecule has 0 saturated heterocycles. The van der Waals surface area contributed by atoms with Crippen LogP contribution < -0.4 is 14.2 Å². The SMILES string of the molecule is COc1ccc(C(C=O)c2c(Cl)cncc2Cl)c(OC)c1OC. The number of methoxy groups -OCH3 is 3. The summed E-state index contributed by atoms with van der Waals surface area (Å²) in [5, 5.41) is 0.595. The highest BCUT2D eigenvalue weighted by atomic mass is 35.5. The molecule has 1 aromatic carbocycles. The molecule has 2 rings (SSSR count). The zero-order valence-corrected chi connectivity index (χ0v) is 14.3. The third-order valence-corrected chi connectivity index (χ3v) is 4.01. The van der Waals surface area contributed by atoms with Gasteiger partial charge in [0.05, 0.1) is 37.3 Å². The summed E-state index contributed by atoms with van der Waals surface area (Å²) in [6.45, 7) is 0. The molecular weight excluding hydrogens is 341 g/mol. The first-order valence-electron chi connectivity index (χ1n) is 6.62. The fourth-order valence-electron chi connectivity index (χ4n) is 2.38. The first kappa shape index (κ1) is 17.4. The molecule has 1 unspecified atom stereocenters. The molecular formula is C16H15Cl2NO4. The quantitative estimate of drug-likeness (QED) is 0.738. The average molecular weight is 356 g/mol. The van der Waals surface area contributed by atoms with Crippen LogP contribution in [0.1, 0.15) is 17.0 Å². The van der Waals surface area contributed by atoms with Crippen molar-refractivity contribution in [3.63, 3.8) is 0 Å². The molecule has 1 atom stereocenters. The molecule has 0 aliphatic heterocycles. The maximum absolute atomic E-state index is 11.8. The lowest BCUT2D eigenvalue weighted by Gasteiger charge is -2.20. The number of carbonyl (C=O) groups is 1. The van der Waals surface area contributed by atoms with Gasteiger partial charge in [-0.2, -0.15) is 0 Å². The van der Waals surface area contributed by atoms with E-state index in [4.69, 9.17) is 37.4 Å².